The second-order valence-corrected chi connectivity index (χ2v) is 5.10. The van der Waals surface area contributed by atoms with E-state index in [1.165, 1.54) is 31.7 Å². The van der Waals surface area contributed by atoms with Crippen molar-refractivity contribution in [1.82, 2.24) is 4.90 Å². The van der Waals surface area contributed by atoms with Gasteiger partial charge in [-0.15, -0.1) is 0 Å². The van der Waals surface area contributed by atoms with Gasteiger partial charge in [0.1, 0.15) is 5.82 Å². The van der Waals surface area contributed by atoms with Crippen LogP contribution in [0.25, 0.3) is 0 Å². The highest BCUT2D eigenvalue weighted by molar-refractivity contribution is 5.27. The molecule has 19 heavy (non-hydrogen) atoms. The normalized spacial score (nSPS) is 11.2. The lowest BCUT2D eigenvalue weighted by molar-refractivity contribution is 0.256. The summed E-state index contributed by atoms with van der Waals surface area (Å²) >= 11 is 0. The van der Waals surface area contributed by atoms with Gasteiger partial charge in [0, 0.05) is 13.1 Å². The highest BCUT2D eigenvalue weighted by Gasteiger charge is 2.09. The van der Waals surface area contributed by atoms with E-state index in [1.54, 1.807) is 6.07 Å². The van der Waals surface area contributed by atoms with Crippen LogP contribution < -0.4 is 5.73 Å². The third kappa shape index (κ3) is 5.70. The van der Waals surface area contributed by atoms with Gasteiger partial charge in [-0.1, -0.05) is 32.8 Å². The van der Waals surface area contributed by atoms with Crippen LogP contribution in [0.4, 0.5) is 4.39 Å². The number of halogens is 1. The van der Waals surface area contributed by atoms with Crippen molar-refractivity contribution in [2.75, 3.05) is 13.1 Å². The van der Waals surface area contributed by atoms with E-state index in [0.29, 0.717) is 6.54 Å². The second kappa shape index (κ2) is 9.05. The van der Waals surface area contributed by atoms with Gasteiger partial charge in [0.25, 0.3) is 0 Å². The highest BCUT2D eigenvalue weighted by Crippen LogP contribution is 2.14. The summed E-state index contributed by atoms with van der Waals surface area (Å²) in [4.78, 5) is 2.46. The largest absolute Gasteiger partial charge is 0.326 e. The van der Waals surface area contributed by atoms with Gasteiger partial charge in [0.05, 0.1) is 0 Å². The van der Waals surface area contributed by atoms with Gasteiger partial charge < -0.3 is 5.73 Å². The zero-order chi connectivity index (χ0) is 14.1. The van der Waals surface area contributed by atoms with Crippen LogP contribution in [0.1, 0.15) is 50.7 Å². The first kappa shape index (κ1) is 16.1. The molecule has 0 aromatic heterocycles. The average molecular weight is 266 g/mol. The minimum absolute atomic E-state index is 0.196. The van der Waals surface area contributed by atoms with Crippen molar-refractivity contribution in [3.8, 4) is 0 Å². The molecule has 0 aliphatic heterocycles. The van der Waals surface area contributed by atoms with Crippen LogP contribution in [-0.4, -0.2) is 18.0 Å². The van der Waals surface area contributed by atoms with E-state index >= 15 is 0 Å². The molecule has 1 aromatic carbocycles. The standard InChI is InChI=1S/C16H27FN2/c1-3-5-9-19(10-6-4-2)13-14-7-8-16(17)11-15(14)12-18/h7-8,11H,3-6,9-10,12-13,18H2,1-2H3. The fourth-order valence-corrected chi connectivity index (χ4v) is 2.21. The van der Waals surface area contributed by atoms with Crippen molar-refractivity contribution in [1.29, 1.82) is 0 Å². The first-order valence-corrected chi connectivity index (χ1v) is 7.41. The maximum absolute atomic E-state index is 13.2. The van der Waals surface area contributed by atoms with Gasteiger partial charge >= 0.3 is 0 Å². The van der Waals surface area contributed by atoms with Crippen LogP contribution in [0.3, 0.4) is 0 Å². The second-order valence-electron chi connectivity index (χ2n) is 5.10. The number of benzene rings is 1. The third-order valence-corrected chi connectivity index (χ3v) is 3.44. The average Bonchev–Trinajstić information content (AvgIpc) is 2.43. The van der Waals surface area contributed by atoms with E-state index in [-0.39, 0.29) is 5.82 Å². The van der Waals surface area contributed by atoms with Crippen LogP contribution in [0.15, 0.2) is 18.2 Å². The predicted molar refractivity (Wildman–Crippen MR) is 79.4 cm³/mol. The Labute approximate surface area is 116 Å². The molecule has 0 saturated heterocycles. The van der Waals surface area contributed by atoms with Gasteiger partial charge in [-0.2, -0.15) is 0 Å². The van der Waals surface area contributed by atoms with Crippen LogP contribution >= 0.6 is 0 Å². The molecular weight excluding hydrogens is 239 g/mol. The monoisotopic (exact) mass is 266 g/mol. The molecule has 0 amide bonds. The number of rotatable bonds is 9. The molecule has 0 spiro atoms. The van der Waals surface area contributed by atoms with Crippen LogP contribution in [0, 0.1) is 5.82 Å². The zero-order valence-corrected chi connectivity index (χ0v) is 12.3. The number of nitrogens with two attached hydrogens (primary N) is 1. The molecule has 0 aliphatic carbocycles. The lowest BCUT2D eigenvalue weighted by Crippen LogP contribution is -2.26. The van der Waals surface area contributed by atoms with E-state index in [1.807, 2.05) is 6.07 Å². The lowest BCUT2D eigenvalue weighted by Gasteiger charge is -2.23. The van der Waals surface area contributed by atoms with E-state index in [0.717, 1.165) is 30.8 Å². The summed E-state index contributed by atoms with van der Waals surface area (Å²) in [6, 6.07) is 4.97. The topological polar surface area (TPSA) is 29.3 Å². The molecule has 0 radical (unpaired) electrons. The van der Waals surface area contributed by atoms with E-state index < -0.39 is 0 Å². The Bertz CT molecular complexity index is 358. The zero-order valence-electron chi connectivity index (χ0n) is 12.3. The van der Waals surface area contributed by atoms with Crippen LogP contribution in [0.5, 0.6) is 0 Å². The molecule has 0 aliphatic rings. The first-order valence-electron chi connectivity index (χ1n) is 7.41. The van der Waals surface area contributed by atoms with Gasteiger partial charge in [0.15, 0.2) is 0 Å². The van der Waals surface area contributed by atoms with Crippen LogP contribution in [-0.2, 0) is 13.1 Å². The lowest BCUT2D eigenvalue weighted by atomic mass is 10.1. The quantitative estimate of drug-likeness (QED) is 0.738. The van der Waals surface area contributed by atoms with E-state index in [9.17, 15) is 4.39 Å². The highest BCUT2D eigenvalue weighted by atomic mass is 19.1. The van der Waals surface area contributed by atoms with Gasteiger partial charge in [-0.3, -0.25) is 4.90 Å². The molecule has 0 heterocycles. The molecular formula is C16H27FN2. The van der Waals surface area contributed by atoms with Gasteiger partial charge in [-0.25, -0.2) is 4.39 Å². The third-order valence-electron chi connectivity index (χ3n) is 3.44. The molecule has 1 aromatic rings. The number of hydrogen-bond donors (Lipinski definition) is 1. The Balaban J connectivity index is 2.70. The number of hydrogen-bond acceptors (Lipinski definition) is 2. The predicted octanol–water partition coefficient (Wildman–Crippen LogP) is 3.69. The minimum atomic E-state index is -0.196. The molecule has 1 rings (SSSR count). The van der Waals surface area contributed by atoms with Crippen molar-refractivity contribution in [3.63, 3.8) is 0 Å². The molecule has 3 heteroatoms. The van der Waals surface area contributed by atoms with Crippen molar-refractivity contribution in [2.24, 2.45) is 5.73 Å². The maximum atomic E-state index is 13.2. The molecule has 108 valence electrons. The van der Waals surface area contributed by atoms with Crippen molar-refractivity contribution in [2.45, 2.75) is 52.6 Å². The Hall–Kier alpha value is -0.930. The summed E-state index contributed by atoms with van der Waals surface area (Å²) in [5, 5.41) is 0. The number of unbranched alkanes of at least 4 members (excludes halogenated alkanes) is 2. The summed E-state index contributed by atoms with van der Waals surface area (Å²) in [6.45, 7) is 7.92. The SMILES string of the molecule is CCCCN(CCCC)Cc1ccc(F)cc1CN. The van der Waals surface area contributed by atoms with Crippen molar-refractivity contribution in [3.05, 3.63) is 35.1 Å². The van der Waals surface area contributed by atoms with Crippen LogP contribution in [0.2, 0.25) is 0 Å². The fourth-order valence-electron chi connectivity index (χ4n) is 2.21. The molecule has 2 N–H and O–H groups in total. The molecule has 0 atom stereocenters. The Kier molecular flexibility index (Phi) is 7.68. The van der Waals surface area contributed by atoms with E-state index in [2.05, 4.69) is 18.7 Å². The van der Waals surface area contributed by atoms with Gasteiger partial charge in [0.2, 0.25) is 0 Å². The summed E-state index contributed by atoms with van der Waals surface area (Å²) in [6.07, 6.45) is 4.83. The molecule has 0 bridgehead atoms. The maximum Gasteiger partial charge on any atom is 0.123 e. The Morgan fingerprint density at radius 1 is 1.05 bits per heavy atom. The van der Waals surface area contributed by atoms with Crippen molar-refractivity contribution < 1.29 is 4.39 Å². The first-order chi connectivity index (χ1) is 9.21. The Morgan fingerprint density at radius 3 is 2.21 bits per heavy atom. The van der Waals surface area contributed by atoms with Gasteiger partial charge in [-0.05, 0) is 49.2 Å². The van der Waals surface area contributed by atoms with E-state index in [4.69, 9.17) is 5.73 Å². The fraction of sp³-hybridized carbons (Fsp3) is 0.625. The summed E-state index contributed by atoms with van der Waals surface area (Å²) < 4.78 is 13.2. The summed E-state index contributed by atoms with van der Waals surface area (Å²) in [5.41, 5.74) is 7.80. The Morgan fingerprint density at radius 2 is 1.68 bits per heavy atom. The summed E-state index contributed by atoms with van der Waals surface area (Å²) in [7, 11) is 0. The minimum Gasteiger partial charge on any atom is -0.326 e. The summed E-state index contributed by atoms with van der Waals surface area (Å²) in [5.74, 6) is -0.196. The molecule has 0 fully saturated rings. The number of nitrogens with zero attached hydrogens (tertiary/aromatic N) is 1. The smallest absolute Gasteiger partial charge is 0.123 e. The molecule has 0 saturated carbocycles. The molecule has 0 unspecified atom stereocenters. The van der Waals surface area contributed by atoms with Crippen molar-refractivity contribution >= 4 is 0 Å². The molecule has 2 nitrogen and oxygen atoms in total.